The summed E-state index contributed by atoms with van der Waals surface area (Å²) in [5, 5.41) is 12.0. The largest absolute Gasteiger partial charge is 0.388 e. The number of nitrogens with zero attached hydrogens (tertiary/aromatic N) is 3. The third-order valence-corrected chi connectivity index (χ3v) is 5.04. The van der Waals surface area contributed by atoms with Crippen LogP contribution in [0.4, 0.5) is 5.82 Å². The van der Waals surface area contributed by atoms with Crippen molar-refractivity contribution < 1.29 is 5.11 Å². The molecule has 0 unspecified atom stereocenters. The maximum atomic E-state index is 11.0. The molecule has 0 radical (unpaired) electrons. The number of hydrogen-bond donors (Lipinski definition) is 2. The Bertz CT molecular complexity index is 877. The van der Waals surface area contributed by atoms with E-state index in [4.69, 9.17) is 5.73 Å². The van der Waals surface area contributed by atoms with Crippen LogP contribution in [0.1, 0.15) is 37.9 Å². The lowest BCUT2D eigenvalue weighted by atomic mass is 9.85. The van der Waals surface area contributed by atoms with Gasteiger partial charge in [-0.1, -0.05) is 37.5 Å². The molecule has 1 aliphatic rings. The predicted molar refractivity (Wildman–Crippen MR) is 92.2 cm³/mol. The average Bonchev–Trinajstić information content (AvgIpc) is 2.86. The first-order valence-corrected chi connectivity index (χ1v) is 8.31. The highest BCUT2D eigenvalue weighted by molar-refractivity contribution is 6.06. The summed E-state index contributed by atoms with van der Waals surface area (Å²) < 4.78 is 2.13. The Balaban J connectivity index is 1.93. The van der Waals surface area contributed by atoms with Gasteiger partial charge in [0.15, 0.2) is 5.82 Å². The summed E-state index contributed by atoms with van der Waals surface area (Å²) in [7, 11) is 0. The van der Waals surface area contributed by atoms with Gasteiger partial charge in [-0.05, 0) is 25.8 Å². The second-order valence-corrected chi connectivity index (χ2v) is 6.74. The Hall–Kier alpha value is -2.14. The molecule has 5 heteroatoms. The molecule has 0 atom stereocenters. The van der Waals surface area contributed by atoms with Crippen LogP contribution >= 0.6 is 0 Å². The third kappa shape index (κ3) is 2.36. The zero-order valence-electron chi connectivity index (χ0n) is 13.4. The van der Waals surface area contributed by atoms with E-state index >= 15 is 0 Å². The van der Waals surface area contributed by atoms with E-state index in [1.807, 2.05) is 31.2 Å². The molecular formula is C18H22N4O. The molecule has 0 spiro atoms. The van der Waals surface area contributed by atoms with Crippen LogP contribution in [0, 0.1) is 6.92 Å². The molecule has 1 aliphatic carbocycles. The van der Waals surface area contributed by atoms with Crippen LogP contribution in [0.3, 0.4) is 0 Å². The molecule has 120 valence electrons. The summed E-state index contributed by atoms with van der Waals surface area (Å²) in [4.78, 5) is 9.09. The van der Waals surface area contributed by atoms with Gasteiger partial charge >= 0.3 is 0 Å². The number of rotatable bonds is 2. The molecule has 0 saturated heterocycles. The number of hydrogen-bond acceptors (Lipinski definition) is 4. The second-order valence-electron chi connectivity index (χ2n) is 6.74. The van der Waals surface area contributed by atoms with Gasteiger partial charge in [0.25, 0.3) is 0 Å². The summed E-state index contributed by atoms with van der Waals surface area (Å²) >= 11 is 0. The Morgan fingerprint density at radius 2 is 1.91 bits per heavy atom. The zero-order chi connectivity index (χ0) is 16.0. The van der Waals surface area contributed by atoms with Gasteiger partial charge in [-0.3, -0.25) is 0 Å². The molecule has 3 N–H and O–H groups in total. The van der Waals surface area contributed by atoms with Gasteiger partial charge < -0.3 is 15.4 Å². The molecule has 0 bridgehead atoms. The van der Waals surface area contributed by atoms with Gasteiger partial charge in [0.2, 0.25) is 0 Å². The standard InChI is InChI=1S/C18H22N4O/c1-12-20-15-16(13-7-3-4-8-14(13)21-17(15)19)22(12)11-18(23)9-5-2-6-10-18/h3-4,7-8,23H,2,5-6,9-11H2,1H3,(H2,19,21). The maximum absolute atomic E-state index is 11.0. The fraction of sp³-hybridized carbons (Fsp3) is 0.444. The minimum Gasteiger partial charge on any atom is -0.388 e. The highest BCUT2D eigenvalue weighted by Gasteiger charge is 2.31. The van der Waals surface area contributed by atoms with Gasteiger partial charge in [0.05, 0.1) is 23.2 Å². The summed E-state index contributed by atoms with van der Waals surface area (Å²) in [6, 6.07) is 7.98. The van der Waals surface area contributed by atoms with Crippen LogP contribution in [0.2, 0.25) is 0 Å². The first-order chi connectivity index (χ1) is 11.1. The average molecular weight is 310 g/mol. The van der Waals surface area contributed by atoms with Crippen molar-refractivity contribution in [2.75, 3.05) is 5.73 Å². The molecule has 23 heavy (non-hydrogen) atoms. The Morgan fingerprint density at radius 1 is 1.17 bits per heavy atom. The fourth-order valence-electron chi connectivity index (χ4n) is 3.83. The quantitative estimate of drug-likeness (QED) is 0.762. The number of nitrogens with two attached hydrogens (primary N) is 1. The van der Waals surface area contributed by atoms with Crippen molar-refractivity contribution in [2.24, 2.45) is 0 Å². The lowest BCUT2D eigenvalue weighted by molar-refractivity contribution is -0.0109. The van der Waals surface area contributed by atoms with Crippen molar-refractivity contribution in [1.29, 1.82) is 0 Å². The molecule has 5 nitrogen and oxygen atoms in total. The van der Waals surface area contributed by atoms with Crippen LogP contribution in [-0.2, 0) is 6.54 Å². The maximum Gasteiger partial charge on any atom is 0.152 e. The van der Waals surface area contributed by atoms with Crippen LogP contribution in [0.25, 0.3) is 21.9 Å². The van der Waals surface area contributed by atoms with Crippen molar-refractivity contribution in [3.8, 4) is 0 Å². The number of aryl methyl sites for hydroxylation is 1. The summed E-state index contributed by atoms with van der Waals surface area (Å²) in [5.41, 5.74) is 8.07. The number of nitrogen functional groups attached to an aromatic ring is 1. The van der Waals surface area contributed by atoms with E-state index in [0.717, 1.165) is 53.4 Å². The molecule has 1 saturated carbocycles. The number of fused-ring (bicyclic) bond motifs is 3. The van der Waals surface area contributed by atoms with E-state index in [1.165, 1.54) is 6.42 Å². The summed E-state index contributed by atoms with van der Waals surface area (Å²) in [5.74, 6) is 1.33. The van der Waals surface area contributed by atoms with Gasteiger partial charge in [0, 0.05) is 5.39 Å². The Labute approximate surface area is 135 Å². The molecular weight excluding hydrogens is 288 g/mol. The van der Waals surface area contributed by atoms with Crippen molar-refractivity contribution in [2.45, 2.75) is 51.2 Å². The van der Waals surface area contributed by atoms with E-state index in [2.05, 4.69) is 14.5 Å². The molecule has 2 heterocycles. The number of aliphatic hydroxyl groups is 1. The number of pyridine rings is 1. The SMILES string of the molecule is Cc1nc2c(N)nc3ccccc3c2n1CC1(O)CCCCC1. The van der Waals surface area contributed by atoms with Crippen LogP contribution in [0.15, 0.2) is 24.3 Å². The van der Waals surface area contributed by atoms with Gasteiger partial charge in [0.1, 0.15) is 11.3 Å². The highest BCUT2D eigenvalue weighted by atomic mass is 16.3. The minimum absolute atomic E-state index is 0.455. The van der Waals surface area contributed by atoms with Crippen molar-refractivity contribution in [3.05, 3.63) is 30.1 Å². The Morgan fingerprint density at radius 3 is 2.70 bits per heavy atom. The first-order valence-electron chi connectivity index (χ1n) is 8.31. The second kappa shape index (κ2) is 5.20. The predicted octanol–water partition coefficient (Wildman–Crippen LogP) is 3.17. The first kappa shape index (κ1) is 14.5. The van der Waals surface area contributed by atoms with E-state index in [-0.39, 0.29) is 0 Å². The van der Waals surface area contributed by atoms with E-state index < -0.39 is 5.60 Å². The normalized spacial score (nSPS) is 17.8. The number of para-hydroxylation sites is 1. The van der Waals surface area contributed by atoms with E-state index in [1.54, 1.807) is 0 Å². The van der Waals surface area contributed by atoms with Crippen molar-refractivity contribution in [1.82, 2.24) is 14.5 Å². The zero-order valence-corrected chi connectivity index (χ0v) is 13.4. The number of anilines is 1. The van der Waals surface area contributed by atoms with Crippen molar-refractivity contribution >= 4 is 27.8 Å². The summed E-state index contributed by atoms with van der Waals surface area (Å²) in [6.07, 6.45) is 5.10. The van der Waals surface area contributed by atoms with Crippen molar-refractivity contribution in [3.63, 3.8) is 0 Å². The molecule has 4 rings (SSSR count). The molecule has 2 aromatic heterocycles. The van der Waals surface area contributed by atoms with E-state index in [0.29, 0.717) is 12.4 Å². The molecule has 0 aliphatic heterocycles. The topological polar surface area (TPSA) is 77.0 Å². The minimum atomic E-state index is -0.643. The lowest BCUT2D eigenvalue weighted by Crippen LogP contribution is -2.36. The van der Waals surface area contributed by atoms with E-state index in [9.17, 15) is 5.11 Å². The number of aromatic nitrogens is 3. The third-order valence-electron chi connectivity index (χ3n) is 5.04. The van der Waals surface area contributed by atoms with Gasteiger partial charge in [-0.15, -0.1) is 0 Å². The Kier molecular flexibility index (Phi) is 3.27. The molecule has 3 aromatic rings. The summed E-state index contributed by atoms with van der Waals surface area (Å²) in [6.45, 7) is 2.54. The monoisotopic (exact) mass is 310 g/mol. The van der Waals surface area contributed by atoms with Crippen LogP contribution in [-0.4, -0.2) is 25.2 Å². The molecule has 1 aromatic carbocycles. The van der Waals surface area contributed by atoms with Crippen LogP contribution < -0.4 is 5.73 Å². The molecule has 0 amide bonds. The van der Waals surface area contributed by atoms with Crippen LogP contribution in [0.5, 0.6) is 0 Å². The highest BCUT2D eigenvalue weighted by Crippen LogP contribution is 2.34. The molecule has 1 fully saturated rings. The van der Waals surface area contributed by atoms with Gasteiger partial charge in [-0.2, -0.15) is 0 Å². The fourth-order valence-corrected chi connectivity index (χ4v) is 3.83. The van der Waals surface area contributed by atoms with Gasteiger partial charge in [-0.25, -0.2) is 9.97 Å². The number of benzene rings is 1. The smallest absolute Gasteiger partial charge is 0.152 e. The lowest BCUT2D eigenvalue weighted by Gasteiger charge is -2.33. The number of imidazole rings is 1.